The van der Waals surface area contributed by atoms with E-state index in [1.54, 1.807) is 17.0 Å². The molecule has 2 amide bonds. The van der Waals surface area contributed by atoms with Gasteiger partial charge in [-0.05, 0) is 37.5 Å². The van der Waals surface area contributed by atoms with Gasteiger partial charge in [0, 0.05) is 29.4 Å². The molecule has 2 rings (SSSR count). The number of hydrogen-bond donors (Lipinski definition) is 1. The third-order valence-corrected chi connectivity index (χ3v) is 6.24. The molecule has 0 radical (unpaired) electrons. The lowest BCUT2D eigenvalue weighted by Crippen LogP contribution is -2.49. The minimum Gasteiger partial charge on any atom is -0.354 e. The van der Waals surface area contributed by atoms with Gasteiger partial charge in [0.05, 0.1) is 5.75 Å². The number of nitrogens with zero attached hydrogens (tertiary/aromatic N) is 1. The highest BCUT2D eigenvalue weighted by Gasteiger charge is 2.28. The van der Waals surface area contributed by atoms with Gasteiger partial charge in [-0.2, -0.15) is 0 Å². The summed E-state index contributed by atoms with van der Waals surface area (Å²) in [6.07, 6.45) is 1.34. The van der Waals surface area contributed by atoms with E-state index in [-0.39, 0.29) is 29.1 Å². The van der Waals surface area contributed by atoms with Crippen LogP contribution in [0.4, 0.5) is 4.39 Å². The molecule has 1 N–H and O–H groups in total. The Labute approximate surface area is 193 Å². The molecule has 0 fully saturated rings. The van der Waals surface area contributed by atoms with E-state index in [4.69, 9.17) is 11.6 Å². The molecular formula is C24H30ClFN2O2S. The van der Waals surface area contributed by atoms with E-state index in [9.17, 15) is 14.0 Å². The fourth-order valence-corrected chi connectivity index (χ4v) is 4.42. The maximum absolute atomic E-state index is 14.0. The Kier molecular flexibility index (Phi) is 10.3. The molecule has 7 heteroatoms. The van der Waals surface area contributed by atoms with Crippen LogP contribution in [0.3, 0.4) is 0 Å². The van der Waals surface area contributed by atoms with Gasteiger partial charge in [0.2, 0.25) is 11.8 Å². The minimum absolute atomic E-state index is 0.133. The average molecular weight is 465 g/mol. The number of thioether (sulfide) groups is 1. The van der Waals surface area contributed by atoms with Crippen molar-refractivity contribution in [2.75, 3.05) is 12.3 Å². The molecule has 168 valence electrons. The van der Waals surface area contributed by atoms with Crippen LogP contribution in [0, 0.1) is 12.7 Å². The second-order valence-corrected chi connectivity index (χ2v) is 8.81. The normalized spacial score (nSPS) is 11.8. The highest BCUT2D eigenvalue weighted by atomic mass is 35.5. The number of nitrogens with one attached hydrogen (secondary N) is 1. The largest absolute Gasteiger partial charge is 0.354 e. The molecule has 0 aliphatic carbocycles. The predicted octanol–water partition coefficient (Wildman–Crippen LogP) is 5.35. The fourth-order valence-electron chi connectivity index (χ4n) is 3.17. The highest BCUT2D eigenvalue weighted by molar-refractivity contribution is 7.99. The third kappa shape index (κ3) is 7.54. The quantitative estimate of drug-likeness (QED) is 0.487. The van der Waals surface area contributed by atoms with Crippen LogP contribution < -0.4 is 5.32 Å². The molecule has 0 heterocycles. The van der Waals surface area contributed by atoms with Crippen LogP contribution in [0.15, 0.2) is 42.5 Å². The molecule has 0 saturated carbocycles. The van der Waals surface area contributed by atoms with Crippen molar-refractivity contribution < 1.29 is 14.0 Å². The van der Waals surface area contributed by atoms with Crippen LogP contribution >= 0.6 is 23.4 Å². The predicted molar refractivity (Wildman–Crippen MR) is 127 cm³/mol. The number of rotatable bonds is 11. The van der Waals surface area contributed by atoms with Gasteiger partial charge in [0.25, 0.3) is 0 Å². The van der Waals surface area contributed by atoms with Gasteiger partial charge in [0.1, 0.15) is 11.9 Å². The molecule has 31 heavy (non-hydrogen) atoms. The summed E-state index contributed by atoms with van der Waals surface area (Å²) in [5.41, 5.74) is 2.48. The maximum atomic E-state index is 14.0. The van der Waals surface area contributed by atoms with Crippen molar-refractivity contribution in [3.63, 3.8) is 0 Å². The summed E-state index contributed by atoms with van der Waals surface area (Å²) in [4.78, 5) is 27.5. The topological polar surface area (TPSA) is 49.4 Å². The van der Waals surface area contributed by atoms with Crippen molar-refractivity contribution in [3.8, 4) is 0 Å². The van der Waals surface area contributed by atoms with E-state index in [0.29, 0.717) is 30.1 Å². The van der Waals surface area contributed by atoms with Gasteiger partial charge in [-0.15, -0.1) is 11.8 Å². The van der Waals surface area contributed by atoms with Crippen molar-refractivity contribution in [3.05, 3.63) is 70.0 Å². The Morgan fingerprint density at radius 2 is 1.87 bits per heavy atom. The molecule has 2 aromatic rings. The zero-order valence-electron chi connectivity index (χ0n) is 18.3. The molecule has 0 aliphatic rings. The summed E-state index contributed by atoms with van der Waals surface area (Å²) in [6.45, 7) is 6.81. The van der Waals surface area contributed by atoms with Crippen LogP contribution in [-0.2, 0) is 21.9 Å². The first kappa shape index (κ1) is 25.2. The molecule has 0 aliphatic heterocycles. The summed E-state index contributed by atoms with van der Waals surface area (Å²) in [7, 11) is 0. The van der Waals surface area contributed by atoms with Crippen LogP contribution in [0.1, 0.15) is 43.4 Å². The number of carbonyl (C=O) groups is 2. The van der Waals surface area contributed by atoms with Crippen molar-refractivity contribution in [1.29, 1.82) is 0 Å². The highest BCUT2D eigenvalue weighted by Crippen LogP contribution is 2.24. The van der Waals surface area contributed by atoms with Gasteiger partial charge in [-0.25, -0.2) is 4.39 Å². The second-order valence-electron chi connectivity index (χ2n) is 7.42. The third-order valence-electron chi connectivity index (χ3n) is 4.94. The standard InChI is InChI=1S/C24H30ClFN2O2S/c1-4-13-27-24(30)22(5-2)28(14-18-11-9-17(3)10-12-18)23(29)16-31-15-19-20(25)7-6-8-21(19)26/h6-12,22H,4-5,13-16H2,1-3H3,(H,27,30)/t22-/m1/s1. The summed E-state index contributed by atoms with van der Waals surface area (Å²) >= 11 is 7.38. The SMILES string of the molecule is CCCNC(=O)[C@@H](CC)N(Cc1ccc(C)cc1)C(=O)CSCc1c(F)cccc1Cl. The Balaban J connectivity index is 2.14. The van der Waals surface area contributed by atoms with E-state index < -0.39 is 6.04 Å². The van der Waals surface area contributed by atoms with Crippen LogP contribution in [0.5, 0.6) is 0 Å². The Hall–Kier alpha value is -2.05. The number of hydrogen-bond acceptors (Lipinski definition) is 3. The van der Waals surface area contributed by atoms with Crippen molar-refractivity contribution in [2.45, 2.75) is 52.0 Å². The first-order valence-electron chi connectivity index (χ1n) is 10.5. The number of benzene rings is 2. The lowest BCUT2D eigenvalue weighted by molar-refractivity contribution is -0.139. The fraction of sp³-hybridized carbons (Fsp3) is 0.417. The number of halogens is 2. The molecule has 4 nitrogen and oxygen atoms in total. The van der Waals surface area contributed by atoms with Crippen molar-refractivity contribution >= 4 is 35.2 Å². The second kappa shape index (κ2) is 12.7. The number of amides is 2. The van der Waals surface area contributed by atoms with Crippen molar-refractivity contribution in [1.82, 2.24) is 10.2 Å². The van der Waals surface area contributed by atoms with Crippen LogP contribution in [-0.4, -0.2) is 35.1 Å². The number of carbonyl (C=O) groups excluding carboxylic acids is 2. The monoisotopic (exact) mass is 464 g/mol. The van der Waals surface area contributed by atoms with Crippen LogP contribution in [0.2, 0.25) is 5.02 Å². The zero-order valence-corrected chi connectivity index (χ0v) is 19.9. The van der Waals surface area contributed by atoms with E-state index in [1.165, 1.54) is 17.8 Å². The van der Waals surface area contributed by atoms with E-state index in [0.717, 1.165) is 17.5 Å². The van der Waals surface area contributed by atoms with Gasteiger partial charge >= 0.3 is 0 Å². The first-order valence-corrected chi connectivity index (χ1v) is 12.0. The summed E-state index contributed by atoms with van der Waals surface area (Å²) in [5.74, 6) is -0.263. The first-order chi connectivity index (χ1) is 14.9. The number of aryl methyl sites for hydroxylation is 1. The lowest BCUT2D eigenvalue weighted by atomic mass is 10.1. The van der Waals surface area contributed by atoms with Crippen LogP contribution in [0.25, 0.3) is 0 Å². The van der Waals surface area contributed by atoms with Gasteiger partial charge in [-0.3, -0.25) is 9.59 Å². The molecule has 0 bridgehead atoms. The van der Waals surface area contributed by atoms with E-state index in [1.807, 2.05) is 45.0 Å². The van der Waals surface area contributed by atoms with Gasteiger partial charge in [0.15, 0.2) is 0 Å². The summed E-state index contributed by atoms with van der Waals surface area (Å²) < 4.78 is 14.0. The smallest absolute Gasteiger partial charge is 0.242 e. The van der Waals surface area contributed by atoms with E-state index >= 15 is 0 Å². The summed E-state index contributed by atoms with van der Waals surface area (Å²) in [5, 5.41) is 3.25. The van der Waals surface area contributed by atoms with Crippen molar-refractivity contribution in [2.24, 2.45) is 0 Å². The minimum atomic E-state index is -0.557. The molecular weight excluding hydrogens is 435 g/mol. The molecule has 1 atom stereocenters. The Morgan fingerprint density at radius 3 is 2.48 bits per heavy atom. The molecule has 0 aromatic heterocycles. The van der Waals surface area contributed by atoms with Gasteiger partial charge < -0.3 is 10.2 Å². The molecule has 0 unspecified atom stereocenters. The maximum Gasteiger partial charge on any atom is 0.242 e. The molecule has 0 spiro atoms. The lowest BCUT2D eigenvalue weighted by Gasteiger charge is -2.30. The van der Waals surface area contributed by atoms with Gasteiger partial charge in [-0.1, -0.05) is 61.3 Å². The molecule has 0 saturated heterocycles. The van der Waals surface area contributed by atoms with E-state index in [2.05, 4.69) is 5.32 Å². The Bertz CT molecular complexity index is 856. The molecule has 2 aromatic carbocycles. The average Bonchev–Trinajstić information content (AvgIpc) is 2.75. The Morgan fingerprint density at radius 1 is 1.16 bits per heavy atom. The zero-order chi connectivity index (χ0) is 22.8. The summed E-state index contributed by atoms with van der Waals surface area (Å²) in [6, 6.07) is 11.9.